The molecule has 0 aromatic carbocycles. The average molecular weight is 271 g/mol. The summed E-state index contributed by atoms with van der Waals surface area (Å²) in [5.74, 6) is 0.743. The van der Waals surface area contributed by atoms with Crippen molar-refractivity contribution in [1.29, 1.82) is 0 Å². The van der Waals surface area contributed by atoms with Crippen molar-refractivity contribution in [2.45, 2.75) is 45.7 Å². The molecule has 0 amide bonds. The van der Waals surface area contributed by atoms with Crippen molar-refractivity contribution in [3.63, 3.8) is 0 Å². The van der Waals surface area contributed by atoms with Gasteiger partial charge in [0.05, 0.1) is 5.69 Å². The lowest BCUT2D eigenvalue weighted by molar-refractivity contribution is 0.527. The molecule has 108 valence electrons. The molecule has 2 aliphatic carbocycles. The Bertz CT molecular complexity index is 540. The monoisotopic (exact) mass is 271 g/mol. The van der Waals surface area contributed by atoms with E-state index in [2.05, 4.69) is 48.6 Å². The molecule has 3 rings (SSSR count). The molecule has 1 aromatic rings. The lowest BCUT2D eigenvalue weighted by Crippen LogP contribution is -2.22. The van der Waals surface area contributed by atoms with Crippen molar-refractivity contribution in [1.82, 2.24) is 15.1 Å². The molecule has 3 atom stereocenters. The van der Waals surface area contributed by atoms with Gasteiger partial charge in [0.25, 0.3) is 0 Å². The second-order valence-electron chi connectivity index (χ2n) is 6.36. The van der Waals surface area contributed by atoms with E-state index in [1.807, 2.05) is 17.9 Å². The minimum absolute atomic E-state index is 0.452. The Morgan fingerprint density at radius 3 is 3.10 bits per heavy atom. The fourth-order valence-electron chi connectivity index (χ4n) is 3.75. The van der Waals surface area contributed by atoms with E-state index in [0.717, 1.165) is 18.2 Å². The third kappa shape index (κ3) is 2.35. The largest absolute Gasteiger partial charge is 0.307 e. The SMILES string of the molecule is C/C=C\C=C1/C(C)CCC12CC2NCc1ccn(C)n1. The molecule has 0 aliphatic heterocycles. The molecule has 2 fully saturated rings. The van der Waals surface area contributed by atoms with Crippen LogP contribution in [0.3, 0.4) is 0 Å². The standard InChI is InChI=1S/C17H25N3/c1-4-5-6-15-13(2)7-9-17(15)11-16(17)18-12-14-8-10-20(3)19-14/h4-6,8,10,13,16,18H,7,9,11-12H2,1-3H3/b5-4-,15-6+. The van der Waals surface area contributed by atoms with Crippen LogP contribution in [0, 0.1) is 11.3 Å². The zero-order valence-corrected chi connectivity index (χ0v) is 12.8. The molecule has 2 saturated carbocycles. The lowest BCUT2D eigenvalue weighted by atomic mass is 9.94. The number of allylic oxidation sites excluding steroid dienone is 3. The molecule has 1 aromatic heterocycles. The highest BCUT2D eigenvalue weighted by Gasteiger charge is 2.59. The first-order valence-corrected chi connectivity index (χ1v) is 7.71. The maximum absolute atomic E-state index is 4.44. The number of hydrogen-bond acceptors (Lipinski definition) is 2. The van der Waals surface area contributed by atoms with Crippen LogP contribution < -0.4 is 5.32 Å². The first-order chi connectivity index (χ1) is 9.65. The summed E-state index contributed by atoms with van der Waals surface area (Å²) in [6, 6.07) is 2.74. The van der Waals surface area contributed by atoms with Gasteiger partial charge in [-0.05, 0) is 38.2 Å². The van der Waals surface area contributed by atoms with Crippen molar-refractivity contribution in [3.8, 4) is 0 Å². The minimum Gasteiger partial charge on any atom is -0.307 e. The van der Waals surface area contributed by atoms with Crippen LogP contribution >= 0.6 is 0 Å². The maximum atomic E-state index is 4.44. The van der Waals surface area contributed by atoms with E-state index in [1.165, 1.54) is 19.3 Å². The normalized spacial score (nSPS) is 34.6. The van der Waals surface area contributed by atoms with Crippen molar-refractivity contribution in [2.24, 2.45) is 18.4 Å². The Balaban J connectivity index is 1.64. The van der Waals surface area contributed by atoms with Crippen LogP contribution in [0.5, 0.6) is 0 Å². The molecule has 0 bridgehead atoms. The van der Waals surface area contributed by atoms with Gasteiger partial charge in [0, 0.05) is 31.2 Å². The highest BCUT2D eigenvalue weighted by molar-refractivity contribution is 5.36. The first kappa shape index (κ1) is 13.6. The van der Waals surface area contributed by atoms with Gasteiger partial charge in [0.15, 0.2) is 0 Å². The Hall–Kier alpha value is -1.35. The topological polar surface area (TPSA) is 29.9 Å². The van der Waals surface area contributed by atoms with Gasteiger partial charge < -0.3 is 5.32 Å². The van der Waals surface area contributed by atoms with Crippen molar-refractivity contribution >= 4 is 0 Å². The second-order valence-corrected chi connectivity index (χ2v) is 6.36. The number of aryl methyl sites for hydroxylation is 1. The van der Waals surface area contributed by atoms with E-state index < -0.39 is 0 Å². The summed E-state index contributed by atoms with van der Waals surface area (Å²) in [6.45, 7) is 5.35. The third-order valence-electron chi connectivity index (χ3n) is 4.97. The third-order valence-corrected chi connectivity index (χ3v) is 4.97. The van der Waals surface area contributed by atoms with Crippen LogP contribution in [0.15, 0.2) is 36.1 Å². The predicted molar refractivity (Wildman–Crippen MR) is 82.2 cm³/mol. The van der Waals surface area contributed by atoms with Gasteiger partial charge in [0.2, 0.25) is 0 Å². The summed E-state index contributed by atoms with van der Waals surface area (Å²) in [6.07, 6.45) is 12.7. The quantitative estimate of drug-likeness (QED) is 0.911. The summed E-state index contributed by atoms with van der Waals surface area (Å²) < 4.78 is 1.87. The number of aromatic nitrogens is 2. The molecule has 20 heavy (non-hydrogen) atoms. The molecule has 3 heteroatoms. The summed E-state index contributed by atoms with van der Waals surface area (Å²) in [5.41, 5.74) is 3.25. The number of nitrogens with one attached hydrogen (secondary N) is 1. The van der Waals surface area contributed by atoms with E-state index in [4.69, 9.17) is 0 Å². The van der Waals surface area contributed by atoms with Gasteiger partial charge in [-0.1, -0.05) is 30.7 Å². The molecule has 1 N–H and O–H groups in total. The van der Waals surface area contributed by atoms with Crippen molar-refractivity contribution < 1.29 is 0 Å². The van der Waals surface area contributed by atoms with Gasteiger partial charge in [-0.25, -0.2) is 0 Å². The molecule has 1 heterocycles. The van der Waals surface area contributed by atoms with Gasteiger partial charge in [0.1, 0.15) is 0 Å². The Labute approximate surface area is 121 Å². The summed E-state index contributed by atoms with van der Waals surface area (Å²) in [4.78, 5) is 0. The Morgan fingerprint density at radius 1 is 1.55 bits per heavy atom. The molecule has 0 saturated heterocycles. The van der Waals surface area contributed by atoms with Gasteiger partial charge in [-0.2, -0.15) is 5.10 Å². The van der Waals surface area contributed by atoms with Gasteiger partial charge in [-0.3, -0.25) is 4.68 Å². The molecule has 1 spiro atoms. The number of hydrogen-bond donors (Lipinski definition) is 1. The van der Waals surface area contributed by atoms with Crippen LogP contribution in [0.2, 0.25) is 0 Å². The molecular weight excluding hydrogens is 246 g/mol. The zero-order chi connectivity index (χ0) is 14.2. The van der Waals surface area contributed by atoms with E-state index in [1.54, 1.807) is 5.57 Å². The molecule has 2 aliphatic rings. The van der Waals surface area contributed by atoms with Gasteiger partial charge >= 0.3 is 0 Å². The first-order valence-electron chi connectivity index (χ1n) is 7.71. The van der Waals surface area contributed by atoms with E-state index in [9.17, 15) is 0 Å². The molecular formula is C17H25N3. The smallest absolute Gasteiger partial charge is 0.0762 e. The Kier molecular flexibility index (Phi) is 3.55. The average Bonchev–Trinajstić information content (AvgIpc) is 2.82. The van der Waals surface area contributed by atoms with Crippen LogP contribution in [-0.2, 0) is 13.6 Å². The Morgan fingerprint density at radius 2 is 2.40 bits per heavy atom. The molecule has 0 radical (unpaired) electrons. The van der Waals surface area contributed by atoms with Crippen molar-refractivity contribution in [2.75, 3.05) is 0 Å². The lowest BCUT2D eigenvalue weighted by Gasteiger charge is -2.14. The fraction of sp³-hybridized carbons (Fsp3) is 0.588. The zero-order valence-electron chi connectivity index (χ0n) is 12.8. The predicted octanol–water partition coefficient (Wildman–Crippen LogP) is 3.20. The summed E-state index contributed by atoms with van der Waals surface area (Å²) in [7, 11) is 1.97. The van der Waals surface area contributed by atoms with Crippen LogP contribution in [0.25, 0.3) is 0 Å². The van der Waals surface area contributed by atoms with Crippen LogP contribution in [-0.4, -0.2) is 15.8 Å². The fourth-order valence-corrected chi connectivity index (χ4v) is 3.75. The van der Waals surface area contributed by atoms with E-state index >= 15 is 0 Å². The maximum Gasteiger partial charge on any atom is 0.0762 e. The van der Waals surface area contributed by atoms with Crippen LogP contribution in [0.4, 0.5) is 0 Å². The molecule has 3 unspecified atom stereocenters. The summed E-state index contributed by atoms with van der Waals surface area (Å²) >= 11 is 0. The molecule has 3 nitrogen and oxygen atoms in total. The van der Waals surface area contributed by atoms with E-state index in [0.29, 0.717) is 11.5 Å². The van der Waals surface area contributed by atoms with Gasteiger partial charge in [-0.15, -0.1) is 0 Å². The second kappa shape index (κ2) is 5.21. The van der Waals surface area contributed by atoms with Crippen LogP contribution in [0.1, 0.15) is 38.8 Å². The summed E-state index contributed by atoms with van der Waals surface area (Å²) in [5, 5.41) is 8.14. The number of nitrogens with zero attached hydrogens (tertiary/aromatic N) is 2. The minimum atomic E-state index is 0.452. The number of rotatable bonds is 4. The van der Waals surface area contributed by atoms with Crippen molar-refractivity contribution in [3.05, 3.63) is 41.8 Å². The highest BCUT2D eigenvalue weighted by atomic mass is 15.3. The van der Waals surface area contributed by atoms with E-state index in [-0.39, 0.29) is 0 Å². The highest BCUT2D eigenvalue weighted by Crippen LogP contribution is 2.62.